The van der Waals surface area contributed by atoms with Crippen molar-refractivity contribution in [2.75, 3.05) is 13.1 Å². The quantitative estimate of drug-likeness (QED) is 0.842. The van der Waals surface area contributed by atoms with E-state index in [4.69, 9.17) is 4.52 Å². The number of nitrogens with zero attached hydrogens (tertiary/aromatic N) is 5. The number of amides is 2. The highest BCUT2D eigenvalue weighted by Gasteiger charge is 2.58. The average molecular weight is 386 g/mol. The molecule has 1 aliphatic heterocycles. The third-order valence-electron chi connectivity index (χ3n) is 5.91. The second-order valence-electron chi connectivity index (χ2n) is 8.41. The first-order valence-corrected chi connectivity index (χ1v) is 9.67. The van der Waals surface area contributed by atoms with Crippen LogP contribution in [0.4, 0.5) is 0 Å². The van der Waals surface area contributed by atoms with Crippen molar-refractivity contribution in [3.05, 3.63) is 29.9 Å². The van der Waals surface area contributed by atoms with Crippen molar-refractivity contribution in [2.24, 2.45) is 18.9 Å². The van der Waals surface area contributed by atoms with Gasteiger partial charge in [0.2, 0.25) is 11.8 Å². The van der Waals surface area contributed by atoms with Crippen LogP contribution < -0.4 is 5.32 Å². The minimum absolute atomic E-state index is 0.0250. The van der Waals surface area contributed by atoms with Gasteiger partial charge in [-0.2, -0.15) is 4.98 Å². The second-order valence-corrected chi connectivity index (χ2v) is 8.41. The summed E-state index contributed by atoms with van der Waals surface area (Å²) in [6, 6.07) is -0.0250. The lowest BCUT2D eigenvalue weighted by atomic mass is 9.80. The maximum atomic E-state index is 12.6. The van der Waals surface area contributed by atoms with Gasteiger partial charge < -0.3 is 19.3 Å². The van der Waals surface area contributed by atoms with E-state index in [0.717, 1.165) is 6.42 Å². The Balaban J connectivity index is 1.56. The smallest absolute Gasteiger partial charge is 0.271 e. The van der Waals surface area contributed by atoms with Gasteiger partial charge in [-0.25, -0.2) is 4.98 Å². The summed E-state index contributed by atoms with van der Waals surface area (Å²) < 4.78 is 7.30. The number of hydrogen-bond acceptors (Lipinski definition) is 6. The topological polar surface area (TPSA) is 106 Å². The van der Waals surface area contributed by atoms with Gasteiger partial charge >= 0.3 is 0 Å². The van der Waals surface area contributed by atoms with E-state index < -0.39 is 5.41 Å². The Labute approximate surface area is 163 Å². The molecule has 0 spiro atoms. The maximum absolute atomic E-state index is 12.6. The molecule has 9 nitrogen and oxygen atoms in total. The van der Waals surface area contributed by atoms with Gasteiger partial charge in [-0.1, -0.05) is 19.0 Å². The highest BCUT2D eigenvalue weighted by atomic mass is 16.5. The molecule has 9 heteroatoms. The van der Waals surface area contributed by atoms with Gasteiger partial charge in [0, 0.05) is 38.3 Å². The summed E-state index contributed by atoms with van der Waals surface area (Å²) in [7, 11) is 1.83. The van der Waals surface area contributed by atoms with Crippen molar-refractivity contribution < 1.29 is 14.1 Å². The third kappa shape index (κ3) is 3.08. The van der Waals surface area contributed by atoms with Crippen LogP contribution in [0.3, 0.4) is 0 Å². The molecule has 1 aliphatic carbocycles. The molecule has 0 unspecified atom stereocenters. The summed E-state index contributed by atoms with van der Waals surface area (Å²) in [6.45, 7) is 6.81. The summed E-state index contributed by atoms with van der Waals surface area (Å²) in [6.07, 6.45) is 4.74. The van der Waals surface area contributed by atoms with Gasteiger partial charge in [-0.3, -0.25) is 9.59 Å². The molecule has 1 saturated carbocycles. The van der Waals surface area contributed by atoms with Crippen LogP contribution in [0.25, 0.3) is 0 Å². The van der Waals surface area contributed by atoms with Crippen LogP contribution in [0.15, 0.2) is 17.0 Å². The Hall–Kier alpha value is -2.71. The summed E-state index contributed by atoms with van der Waals surface area (Å²) in [5.74, 6) is 1.22. The van der Waals surface area contributed by atoms with Crippen molar-refractivity contribution in [1.82, 2.24) is 29.9 Å². The fraction of sp³-hybridized carbons (Fsp3) is 0.632. The maximum Gasteiger partial charge on any atom is 0.271 e. The van der Waals surface area contributed by atoms with E-state index in [9.17, 15) is 9.59 Å². The number of carbonyl (C=O) groups excluding carboxylic acids is 2. The lowest BCUT2D eigenvalue weighted by Gasteiger charge is -2.26. The Kier molecular flexibility index (Phi) is 4.47. The Morgan fingerprint density at radius 2 is 2.18 bits per heavy atom. The first-order valence-electron chi connectivity index (χ1n) is 9.67. The molecule has 2 aromatic rings. The minimum atomic E-state index is -0.409. The Morgan fingerprint density at radius 3 is 2.79 bits per heavy atom. The van der Waals surface area contributed by atoms with Gasteiger partial charge in [-0.05, 0) is 25.7 Å². The monoisotopic (exact) mass is 386 g/mol. The zero-order chi connectivity index (χ0) is 20.1. The van der Waals surface area contributed by atoms with E-state index in [1.807, 2.05) is 25.8 Å². The van der Waals surface area contributed by atoms with E-state index in [0.29, 0.717) is 36.9 Å². The number of fused-ring (bicyclic) bond motifs is 1. The minimum Gasteiger partial charge on any atom is -0.348 e. The van der Waals surface area contributed by atoms with Gasteiger partial charge in [0.15, 0.2) is 5.82 Å². The highest BCUT2D eigenvalue weighted by molar-refractivity contribution is 5.92. The zero-order valence-corrected chi connectivity index (χ0v) is 16.7. The van der Waals surface area contributed by atoms with E-state index in [2.05, 4.69) is 20.4 Å². The van der Waals surface area contributed by atoms with E-state index in [1.165, 1.54) is 0 Å². The van der Waals surface area contributed by atoms with Crippen LogP contribution in [0, 0.1) is 18.8 Å². The number of hydrogen-bond donors (Lipinski definition) is 1. The van der Waals surface area contributed by atoms with Crippen molar-refractivity contribution in [2.45, 2.75) is 45.1 Å². The molecule has 150 valence electrons. The standard InChI is InChI=1S/C19H26N6O3/c1-11(2)17(27)25-7-13-5-14(22-16(26)15-8-24(4)10-20-15)6-19(13,9-25)18-21-12(3)23-28-18/h8,10-11,13-14H,5-7,9H2,1-4H3,(H,22,26)/t13-,14+,19-/m0/s1. The number of imidazole rings is 1. The van der Waals surface area contributed by atoms with E-state index in [1.54, 1.807) is 24.0 Å². The number of aromatic nitrogens is 4. The molecule has 2 aliphatic rings. The molecule has 0 bridgehead atoms. The molecule has 28 heavy (non-hydrogen) atoms. The molecule has 0 aromatic carbocycles. The van der Waals surface area contributed by atoms with Crippen LogP contribution in [-0.4, -0.2) is 55.5 Å². The molecule has 1 saturated heterocycles. The van der Waals surface area contributed by atoms with E-state index >= 15 is 0 Å². The molecule has 3 heterocycles. The van der Waals surface area contributed by atoms with Crippen LogP contribution in [-0.2, 0) is 17.3 Å². The fourth-order valence-electron chi connectivity index (χ4n) is 4.63. The van der Waals surface area contributed by atoms with Crippen molar-refractivity contribution in [3.8, 4) is 0 Å². The first-order chi connectivity index (χ1) is 13.3. The summed E-state index contributed by atoms with van der Waals surface area (Å²) in [5.41, 5.74) is -0.00714. The summed E-state index contributed by atoms with van der Waals surface area (Å²) >= 11 is 0. The number of aryl methyl sites for hydroxylation is 2. The van der Waals surface area contributed by atoms with Crippen molar-refractivity contribution in [1.29, 1.82) is 0 Å². The predicted octanol–water partition coefficient (Wildman–Crippen LogP) is 1.06. The largest absolute Gasteiger partial charge is 0.348 e. The molecule has 0 radical (unpaired) electrons. The Morgan fingerprint density at radius 1 is 1.39 bits per heavy atom. The Bertz CT molecular complexity index is 903. The van der Waals surface area contributed by atoms with Gasteiger partial charge in [0.05, 0.1) is 11.7 Å². The molecule has 3 atom stereocenters. The summed E-state index contributed by atoms with van der Waals surface area (Å²) in [5, 5.41) is 7.07. The van der Waals surface area contributed by atoms with Gasteiger partial charge in [0.25, 0.3) is 5.91 Å². The highest BCUT2D eigenvalue weighted by Crippen LogP contribution is 2.50. The van der Waals surface area contributed by atoms with Crippen LogP contribution in [0.5, 0.6) is 0 Å². The van der Waals surface area contributed by atoms with Crippen molar-refractivity contribution in [3.63, 3.8) is 0 Å². The van der Waals surface area contributed by atoms with Crippen molar-refractivity contribution >= 4 is 11.8 Å². The molecular formula is C19H26N6O3. The van der Waals surface area contributed by atoms with Gasteiger partial charge in [-0.15, -0.1) is 0 Å². The van der Waals surface area contributed by atoms with Crippen LogP contribution in [0.2, 0.25) is 0 Å². The molecule has 2 amide bonds. The average Bonchev–Trinajstić information content (AvgIpc) is 3.37. The normalized spacial score (nSPS) is 26.7. The molecular weight excluding hydrogens is 360 g/mol. The number of likely N-dealkylation sites (tertiary alicyclic amines) is 1. The number of carbonyl (C=O) groups is 2. The number of rotatable bonds is 4. The molecule has 4 rings (SSSR count). The zero-order valence-electron chi connectivity index (χ0n) is 16.7. The predicted molar refractivity (Wildman–Crippen MR) is 99.3 cm³/mol. The SMILES string of the molecule is Cc1noc([C@]23C[C@H](NC(=O)c4cn(C)cn4)C[C@H]2CN(C(=O)C(C)C)C3)n1. The lowest BCUT2D eigenvalue weighted by molar-refractivity contribution is -0.133. The summed E-state index contributed by atoms with van der Waals surface area (Å²) in [4.78, 5) is 35.6. The van der Waals surface area contributed by atoms with E-state index in [-0.39, 0.29) is 29.7 Å². The third-order valence-corrected chi connectivity index (χ3v) is 5.91. The molecule has 2 fully saturated rings. The fourth-order valence-corrected chi connectivity index (χ4v) is 4.63. The van der Waals surface area contributed by atoms with Crippen LogP contribution >= 0.6 is 0 Å². The first kappa shape index (κ1) is 18.6. The lowest BCUT2D eigenvalue weighted by Crippen LogP contribution is -2.40. The molecule has 2 aromatic heterocycles. The molecule has 1 N–H and O–H groups in total. The van der Waals surface area contributed by atoms with Gasteiger partial charge in [0.1, 0.15) is 5.69 Å². The number of nitrogens with one attached hydrogen (secondary N) is 1. The second kappa shape index (κ2) is 6.72. The van der Waals surface area contributed by atoms with Crippen LogP contribution in [0.1, 0.15) is 48.9 Å².